The molecular formula is C58H81N13O16. The van der Waals surface area contributed by atoms with Gasteiger partial charge >= 0.3 is 18.1 Å². The summed E-state index contributed by atoms with van der Waals surface area (Å²) in [7, 11) is 1.64. The number of unbranched alkanes of at least 4 members (excludes halogenated alkanes) is 2. The van der Waals surface area contributed by atoms with Crippen molar-refractivity contribution in [2.75, 3.05) is 95.9 Å². The van der Waals surface area contributed by atoms with Crippen molar-refractivity contribution < 1.29 is 76.7 Å². The number of nitrogen functional groups attached to an aromatic ring is 1. The number of aromatic nitrogens is 3. The van der Waals surface area contributed by atoms with Crippen LogP contribution in [-0.2, 0) is 77.0 Å². The number of primary amides is 1. The molecule has 0 fully saturated rings. The minimum absolute atomic E-state index is 0.00297. The van der Waals surface area contributed by atoms with E-state index in [9.17, 15) is 48.3 Å². The fraction of sp³-hybridized carbons (Fsp3) is 0.500. The quantitative estimate of drug-likeness (QED) is 0.0225. The van der Waals surface area contributed by atoms with Crippen molar-refractivity contribution in [3.8, 4) is 5.75 Å². The molecule has 3 atom stereocenters. The molecule has 1 aliphatic rings. The number of urea groups is 1. The Bertz CT molecular complexity index is 2960. The Balaban J connectivity index is 0.945. The minimum Gasteiger partial charge on any atom is -0.496 e. The van der Waals surface area contributed by atoms with Crippen molar-refractivity contribution in [3.05, 3.63) is 83.6 Å². The van der Waals surface area contributed by atoms with Gasteiger partial charge in [-0.2, -0.15) is 4.98 Å². The maximum absolute atomic E-state index is 13.8. The van der Waals surface area contributed by atoms with Crippen LogP contribution in [0.1, 0.15) is 82.4 Å². The maximum atomic E-state index is 13.8. The predicted octanol–water partition coefficient (Wildman–Crippen LogP) is 2.45. The van der Waals surface area contributed by atoms with Crippen LogP contribution in [-0.4, -0.2) is 176 Å². The number of methoxy groups -OCH3 is 1. The number of anilines is 3. The van der Waals surface area contributed by atoms with Gasteiger partial charge in [0.25, 0.3) is 11.8 Å². The Hall–Kier alpha value is -8.93. The average molecular weight is 1220 g/mol. The number of carboxylic acid groups (broad SMARTS) is 1. The van der Waals surface area contributed by atoms with E-state index in [2.05, 4.69) is 58.7 Å². The summed E-state index contributed by atoms with van der Waals surface area (Å²) >= 11 is 0. The molecule has 474 valence electrons. The molecule has 0 bridgehead atoms. The zero-order chi connectivity index (χ0) is 63.1. The van der Waals surface area contributed by atoms with Crippen molar-refractivity contribution in [2.45, 2.75) is 104 Å². The van der Waals surface area contributed by atoms with Gasteiger partial charge in [-0.05, 0) is 67.0 Å². The second-order valence-electron chi connectivity index (χ2n) is 20.3. The number of amides is 9. The summed E-state index contributed by atoms with van der Waals surface area (Å²) in [5.41, 5.74) is 15.7. The molecule has 29 nitrogen and oxygen atoms in total. The largest absolute Gasteiger partial charge is 0.496 e. The Labute approximate surface area is 503 Å². The van der Waals surface area contributed by atoms with Gasteiger partial charge in [-0.1, -0.05) is 57.9 Å². The van der Waals surface area contributed by atoms with Gasteiger partial charge in [0.2, 0.25) is 29.6 Å². The van der Waals surface area contributed by atoms with Gasteiger partial charge in [-0.3, -0.25) is 38.5 Å². The lowest BCUT2D eigenvalue weighted by atomic mass is 10.0. The maximum Gasteiger partial charge on any atom is 0.407 e. The third-order valence-electron chi connectivity index (χ3n) is 13.2. The molecule has 3 heterocycles. The van der Waals surface area contributed by atoms with E-state index in [0.29, 0.717) is 74.8 Å². The van der Waals surface area contributed by atoms with Gasteiger partial charge in [-0.15, -0.1) is 0 Å². The number of nitrogens with zero attached hydrogens (tertiary/aromatic N) is 4. The number of nitrogens with two attached hydrogens (primary N) is 2. The number of nitrogens with one attached hydrogen (secondary N) is 7. The van der Waals surface area contributed by atoms with E-state index >= 15 is 0 Å². The van der Waals surface area contributed by atoms with Crippen LogP contribution in [0.3, 0.4) is 0 Å². The fourth-order valence-corrected chi connectivity index (χ4v) is 8.69. The lowest BCUT2D eigenvalue weighted by Gasteiger charge is -2.27. The summed E-state index contributed by atoms with van der Waals surface area (Å²) in [5, 5.41) is 27.9. The first-order chi connectivity index (χ1) is 41.8. The number of hydrogen-bond acceptors (Lipinski definition) is 19. The summed E-state index contributed by atoms with van der Waals surface area (Å²) in [4.78, 5) is 122. The number of imide groups is 1. The molecule has 2 aromatic heterocycles. The summed E-state index contributed by atoms with van der Waals surface area (Å²) in [6.45, 7) is 8.80. The monoisotopic (exact) mass is 1220 g/mol. The van der Waals surface area contributed by atoms with Crippen LogP contribution in [0.2, 0.25) is 0 Å². The Morgan fingerprint density at radius 2 is 1.37 bits per heavy atom. The first-order valence-electron chi connectivity index (χ1n) is 28.7. The molecule has 0 saturated carbocycles. The van der Waals surface area contributed by atoms with Gasteiger partial charge in [0.15, 0.2) is 5.82 Å². The van der Waals surface area contributed by atoms with Crippen LogP contribution >= 0.6 is 0 Å². The van der Waals surface area contributed by atoms with E-state index in [-0.39, 0.29) is 45.1 Å². The van der Waals surface area contributed by atoms with Crippen LogP contribution in [0, 0.1) is 5.92 Å². The molecule has 9 amide bonds. The van der Waals surface area contributed by atoms with Crippen molar-refractivity contribution >= 4 is 82.0 Å². The highest BCUT2D eigenvalue weighted by atomic mass is 16.6. The van der Waals surface area contributed by atoms with Gasteiger partial charge < -0.3 is 86.8 Å². The molecule has 29 heteroatoms. The number of carboxylic acids is 1. The number of rotatable bonds is 41. The SMILES string of the molecule is CCCCCNc1nc(N)nc2ccn(Cc3ccc(COCCOCCOCCOCCNC(=O)OCc4ccc(NC(=O)[C@H](CCCNC(N)=O)NC(=O)[C@@H](NC(=O)[C@H](CCC(=O)O)NC(=O)CN5C(=O)C=CC5=O)C(C)C)cc4)cc3OC)c12. The lowest BCUT2D eigenvalue weighted by molar-refractivity contribution is -0.141. The molecule has 0 unspecified atom stereocenters. The number of fused-ring (bicyclic) bond motifs is 1. The molecule has 1 aliphatic heterocycles. The van der Waals surface area contributed by atoms with E-state index in [1.54, 1.807) is 45.2 Å². The summed E-state index contributed by atoms with van der Waals surface area (Å²) in [6, 6.07) is 9.46. The number of aliphatic carboxylic acids is 1. The van der Waals surface area contributed by atoms with E-state index in [0.717, 1.165) is 65.9 Å². The highest BCUT2D eigenvalue weighted by Crippen LogP contribution is 2.28. The second-order valence-corrected chi connectivity index (χ2v) is 20.3. The van der Waals surface area contributed by atoms with Crippen LogP contribution in [0.4, 0.5) is 27.0 Å². The zero-order valence-electron chi connectivity index (χ0n) is 49.5. The topological polar surface area (TPSA) is 399 Å². The van der Waals surface area contributed by atoms with E-state index in [1.807, 2.05) is 30.5 Å². The average Bonchev–Trinajstić information content (AvgIpc) is 2.33. The van der Waals surface area contributed by atoms with Gasteiger partial charge in [0.05, 0.1) is 72.0 Å². The van der Waals surface area contributed by atoms with Crippen molar-refractivity contribution in [1.82, 2.24) is 46.0 Å². The van der Waals surface area contributed by atoms with Gasteiger partial charge in [0, 0.05) is 55.7 Å². The number of hydrogen-bond donors (Lipinski definition) is 10. The number of carbonyl (C=O) groups excluding carboxylic acids is 8. The summed E-state index contributed by atoms with van der Waals surface area (Å²) in [5.74, 6) is -5.02. The number of carbonyl (C=O) groups is 9. The molecule has 12 N–H and O–H groups in total. The first kappa shape index (κ1) is 68.8. The Morgan fingerprint density at radius 3 is 2.02 bits per heavy atom. The summed E-state index contributed by atoms with van der Waals surface area (Å²) in [6.07, 6.45) is 5.74. The minimum atomic E-state index is -1.49. The number of benzene rings is 2. The molecule has 87 heavy (non-hydrogen) atoms. The van der Waals surface area contributed by atoms with Crippen LogP contribution in [0.25, 0.3) is 11.0 Å². The van der Waals surface area contributed by atoms with E-state index in [4.69, 9.17) is 39.9 Å². The summed E-state index contributed by atoms with van der Waals surface area (Å²) < 4.78 is 35.7. The molecular weight excluding hydrogens is 1130 g/mol. The van der Waals surface area contributed by atoms with Crippen LogP contribution < -0.4 is 53.4 Å². The molecule has 0 radical (unpaired) electrons. The second kappa shape index (κ2) is 36.8. The van der Waals surface area contributed by atoms with Crippen molar-refractivity contribution in [2.24, 2.45) is 11.7 Å². The molecule has 2 aromatic carbocycles. The van der Waals surface area contributed by atoms with Crippen LogP contribution in [0.15, 0.2) is 66.9 Å². The Morgan fingerprint density at radius 1 is 0.701 bits per heavy atom. The molecule has 5 rings (SSSR count). The van der Waals surface area contributed by atoms with Gasteiger partial charge in [-0.25, -0.2) is 14.6 Å². The number of alkyl carbamates (subject to hydrolysis) is 1. The molecule has 4 aromatic rings. The lowest BCUT2D eigenvalue weighted by Crippen LogP contribution is -2.58. The Kier molecular flexibility index (Phi) is 29.1. The number of ether oxygens (including phenoxy) is 6. The third kappa shape index (κ3) is 24.2. The van der Waals surface area contributed by atoms with Gasteiger partial charge in [0.1, 0.15) is 42.5 Å². The van der Waals surface area contributed by atoms with Crippen molar-refractivity contribution in [1.29, 1.82) is 0 Å². The molecule has 0 aliphatic carbocycles. The molecule has 0 spiro atoms. The smallest absolute Gasteiger partial charge is 0.407 e. The van der Waals surface area contributed by atoms with E-state index in [1.165, 1.54) is 0 Å². The molecule has 0 saturated heterocycles. The first-order valence-corrected chi connectivity index (χ1v) is 28.7. The van der Waals surface area contributed by atoms with Crippen LogP contribution in [0.5, 0.6) is 5.75 Å². The predicted molar refractivity (Wildman–Crippen MR) is 318 cm³/mol. The third-order valence-corrected chi connectivity index (χ3v) is 13.2. The van der Waals surface area contributed by atoms with E-state index < -0.39 is 97.0 Å². The standard InChI is InChI=1S/C58H81N13O16/c1-5-6-7-21-61-52-51-42(67-56(59)69-52)20-24-70(51)33-40-13-10-39(32-45(40)82-4)35-86-31-30-85-29-28-84-27-26-83-25-23-63-58(81)87-36-38-11-14-41(15-12-38)64-53(77)43(9-8-22-62-57(60)80)66-55(79)50(37(2)3)68-54(78)44(16-19-49(75)76)65-46(72)34-71-47(73)17-18-48(71)74/h10-15,17-18,20,24,32,37,43-44,50H,5-9,16,19,21-23,25-31,33-36H2,1-4H3,(H,63,81)(H,64,77)(H,65,72)(H,66,79)(H,68,78)(H,75,76)(H3,60,62,80)(H3,59,61,67,69)/t43-,44-,50-/m0/s1. The fourth-order valence-electron chi connectivity index (χ4n) is 8.69. The van der Waals surface area contributed by atoms with Crippen molar-refractivity contribution in [3.63, 3.8) is 0 Å². The zero-order valence-corrected chi connectivity index (χ0v) is 49.5. The highest BCUT2D eigenvalue weighted by Gasteiger charge is 2.33. The highest BCUT2D eigenvalue weighted by molar-refractivity contribution is 6.14. The normalized spacial score (nSPS) is 13.0.